The highest BCUT2D eigenvalue weighted by atomic mass is 16.2. The molecule has 1 heterocycles. The third kappa shape index (κ3) is 3.23. The summed E-state index contributed by atoms with van der Waals surface area (Å²) in [6, 6.07) is 6.53. The highest BCUT2D eigenvalue weighted by molar-refractivity contribution is 5.95. The first-order chi connectivity index (χ1) is 9.20. The Kier molecular flexibility index (Phi) is 3.99. The molecule has 0 bridgehead atoms. The van der Waals surface area contributed by atoms with E-state index in [1.54, 1.807) is 24.3 Å². The third-order valence-electron chi connectivity index (χ3n) is 2.49. The summed E-state index contributed by atoms with van der Waals surface area (Å²) in [5.74, 6) is 0.205. The number of rotatable bonds is 5. The molecule has 2 rings (SSSR count). The van der Waals surface area contributed by atoms with E-state index in [4.69, 9.17) is 5.73 Å². The van der Waals surface area contributed by atoms with Crippen LogP contribution in [0.4, 0.5) is 5.69 Å². The molecule has 2 aromatic rings. The monoisotopic (exact) mass is 258 g/mol. The van der Waals surface area contributed by atoms with Crippen LogP contribution < -0.4 is 11.1 Å². The van der Waals surface area contributed by atoms with E-state index < -0.39 is 6.04 Å². The van der Waals surface area contributed by atoms with Gasteiger partial charge >= 0.3 is 0 Å². The molecule has 1 amide bonds. The zero-order valence-corrected chi connectivity index (χ0v) is 10.2. The Bertz CT molecular complexity index is 565. The number of nitrogens with zero attached hydrogens (tertiary/aromatic N) is 3. The fraction of sp³-hybridized carbons (Fsp3) is 0.167. The zero-order chi connectivity index (χ0) is 13.7. The van der Waals surface area contributed by atoms with Crippen molar-refractivity contribution >= 4 is 11.6 Å². The number of tetrazole rings is 1. The van der Waals surface area contributed by atoms with E-state index in [2.05, 4.69) is 32.5 Å². The van der Waals surface area contributed by atoms with Gasteiger partial charge in [-0.3, -0.25) is 4.79 Å². The van der Waals surface area contributed by atoms with E-state index >= 15 is 0 Å². The van der Waals surface area contributed by atoms with Gasteiger partial charge in [-0.05, 0) is 23.8 Å². The number of carbonyl (C=O) groups excluding carboxylic acids is 1. The van der Waals surface area contributed by atoms with Crippen LogP contribution in [-0.2, 0) is 4.79 Å². The summed E-state index contributed by atoms with van der Waals surface area (Å²) >= 11 is 0. The molecule has 19 heavy (non-hydrogen) atoms. The average Bonchev–Trinajstić information content (AvgIpc) is 2.93. The maximum atomic E-state index is 11.8. The van der Waals surface area contributed by atoms with Crippen LogP contribution in [-0.4, -0.2) is 32.6 Å². The molecule has 0 radical (unpaired) electrons. The van der Waals surface area contributed by atoms with Crippen molar-refractivity contribution in [3.05, 3.63) is 36.9 Å². The minimum atomic E-state index is -0.605. The highest BCUT2D eigenvalue weighted by Crippen LogP contribution is 2.18. The van der Waals surface area contributed by atoms with Gasteiger partial charge in [0.15, 0.2) is 0 Å². The second kappa shape index (κ2) is 5.87. The van der Waals surface area contributed by atoms with Crippen LogP contribution in [0.15, 0.2) is 36.9 Å². The number of nitrogens with two attached hydrogens (primary N) is 1. The molecular weight excluding hydrogens is 244 g/mol. The molecule has 0 saturated carbocycles. The molecule has 7 heteroatoms. The highest BCUT2D eigenvalue weighted by Gasteiger charge is 2.12. The summed E-state index contributed by atoms with van der Waals surface area (Å²) in [7, 11) is 0. The number of hydrogen-bond acceptors (Lipinski definition) is 5. The average molecular weight is 258 g/mol. The summed E-state index contributed by atoms with van der Waals surface area (Å²) in [4.78, 5) is 11.8. The number of hydrogen-bond donors (Lipinski definition) is 3. The Morgan fingerprint density at radius 2 is 2.42 bits per heavy atom. The summed E-state index contributed by atoms with van der Waals surface area (Å²) in [5, 5.41) is 16.3. The molecule has 1 atom stereocenters. The molecule has 0 aliphatic heterocycles. The summed E-state index contributed by atoms with van der Waals surface area (Å²) in [5.41, 5.74) is 7.07. The second-order valence-electron chi connectivity index (χ2n) is 3.94. The van der Waals surface area contributed by atoms with Crippen LogP contribution in [0.3, 0.4) is 0 Å². The van der Waals surface area contributed by atoms with Crippen molar-refractivity contribution in [3.63, 3.8) is 0 Å². The van der Waals surface area contributed by atoms with Gasteiger partial charge < -0.3 is 11.1 Å². The number of aromatic nitrogens is 4. The van der Waals surface area contributed by atoms with Gasteiger partial charge in [0.25, 0.3) is 0 Å². The van der Waals surface area contributed by atoms with Gasteiger partial charge in [-0.1, -0.05) is 18.2 Å². The topological polar surface area (TPSA) is 110 Å². The van der Waals surface area contributed by atoms with Gasteiger partial charge in [-0.25, -0.2) is 0 Å². The number of benzene rings is 1. The van der Waals surface area contributed by atoms with Crippen LogP contribution in [0.1, 0.15) is 6.42 Å². The molecule has 7 nitrogen and oxygen atoms in total. The predicted molar refractivity (Wildman–Crippen MR) is 71.0 cm³/mol. The lowest BCUT2D eigenvalue weighted by molar-refractivity contribution is -0.117. The number of H-pyrrole nitrogens is 1. The van der Waals surface area contributed by atoms with E-state index in [1.807, 2.05) is 6.07 Å². The number of anilines is 1. The number of amides is 1. The second-order valence-corrected chi connectivity index (χ2v) is 3.94. The first-order valence-corrected chi connectivity index (χ1v) is 5.72. The van der Waals surface area contributed by atoms with E-state index in [0.29, 0.717) is 17.9 Å². The maximum absolute atomic E-state index is 11.8. The van der Waals surface area contributed by atoms with Gasteiger partial charge in [0, 0.05) is 11.3 Å². The van der Waals surface area contributed by atoms with Crippen LogP contribution in [0, 0.1) is 0 Å². The van der Waals surface area contributed by atoms with Crippen molar-refractivity contribution in [2.24, 2.45) is 5.73 Å². The normalized spacial score (nSPS) is 11.8. The minimum absolute atomic E-state index is 0.259. The number of nitrogens with one attached hydrogen (secondary N) is 2. The zero-order valence-electron chi connectivity index (χ0n) is 10.2. The van der Waals surface area contributed by atoms with Crippen LogP contribution in [0.25, 0.3) is 11.4 Å². The largest absolute Gasteiger partial charge is 0.325 e. The minimum Gasteiger partial charge on any atom is -0.325 e. The fourth-order valence-electron chi connectivity index (χ4n) is 1.54. The van der Waals surface area contributed by atoms with Gasteiger partial charge in [0.2, 0.25) is 11.7 Å². The lowest BCUT2D eigenvalue weighted by Crippen LogP contribution is -2.35. The Morgan fingerprint density at radius 1 is 1.58 bits per heavy atom. The van der Waals surface area contributed by atoms with Gasteiger partial charge in [0.1, 0.15) is 0 Å². The quantitative estimate of drug-likeness (QED) is 0.684. The smallest absolute Gasteiger partial charge is 0.241 e. The van der Waals surface area contributed by atoms with E-state index in [9.17, 15) is 4.79 Å². The van der Waals surface area contributed by atoms with Gasteiger partial charge in [0.05, 0.1) is 6.04 Å². The number of aromatic amines is 1. The first kappa shape index (κ1) is 12.9. The Hall–Kier alpha value is -2.54. The van der Waals surface area contributed by atoms with E-state index in [1.165, 1.54) is 0 Å². The Morgan fingerprint density at radius 3 is 3.11 bits per heavy atom. The molecular formula is C12H14N6O. The molecule has 4 N–H and O–H groups in total. The van der Waals surface area contributed by atoms with E-state index in [0.717, 1.165) is 5.56 Å². The third-order valence-corrected chi connectivity index (χ3v) is 2.49. The lowest BCUT2D eigenvalue weighted by atomic mass is 10.1. The molecule has 1 aromatic carbocycles. The van der Waals surface area contributed by atoms with Crippen LogP contribution in [0.5, 0.6) is 0 Å². The molecule has 0 spiro atoms. The van der Waals surface area contributed by atoms with Crippen molar-refractivity contribution < 1.29 is 4.79 Å². The molecule has 0 aliphatic rings. The van der Waals surface area contributed by atoms with Crippen molar-refractivity contribution in [2.45, 2.75) is 12.5 Å². The van der Waals surface area contributed by atoms with Crippen LogP contribution >= 0.6 is 0 Å². The van der Waals surface area contributed by atoms with Crippen molar-refractivity contribution in [2.75, 3.05) is 5.32 Å². The predicted octanol–water partition coefficient (Wildman–Crippen LogP) is 0.709. The summed E-state index contributed by atoms with van der Waals surface area (Å²) in [6.07, 6.45) is 2.04. The molecule has 0 aliphatic carbocycles. The van der Waals surface area contributed by atoms with Crippen molar-refractivity contribution in [3.8, 4) is 11.4 Å². The molecule has 98 valence electrons. The van der Waals surface area contributed by atoms with Gasteiger partial charge in [-0.15, -0.1) is 16.8 Å². The first-order valence-electron chi connectivity index (χ1n) is 5.72. The van der Waals surface area contributed by atoms with Crippen molar-refractivity contribution in [1.29, 1.82) is 0 Å². The molecule has 1 unspecified atom stereocenters. The SMILES string of the molecule is C=CCC(N)C(=O)Nc1cccc(-c2nn[nH]n2)c1. The fourth-order valence-corrected chi connectivity index (χ4v) is 1.54. The molecule has 0 saturated heterocycles. The maximum Gasteiger partial charge on any atom is 0.241 e. The molecule has 1 aromatic heterocycles. The Labute approximate surface area is 109 Å². The summed E-state index contributed by atoms with van der Waals surface area (Å²) in [6.45, 7) is 3.55. The van der Waals surface area contributed by atoms with E-state index in [-0.39, 0.29) is 5.91 Å². The lowest BCUT2D eigenvalue weighted by Gasteiger charge is -2.10. The van der Waals surface area contributed by atoms with Crippen molar-refractivity contribution in [1.82, 2.24) is 20.6 Å². The summed E-state index contributed by atoms with van der Waals surface area (Å²) < 4.78 is 0. The standard InChI is InChI=1S/C12H14N6O/c1-2-4-10(13)12(19)14-9-6-3-5-8(7-9)11-15-17-18-16-11/h2-3,5-7,10H,1,4,13H2,(H,14,19)(H,15,16,17,18). The number of carbonyl (C=O) groups is 1. The Balaban J connectivity index is 2.11. The van der Waals surface area contributed by atoms with Crippen LogP contribution in [0.2, 0.25) is 0 Å². The van der Waals surface area contributed by atoms with Gasteiger partial charge in [-0.2, -0.15) is 5.21 Å². The molecule has 0 fully saturated rings.